The molecule has 0 radical (unpaired) electrons. The van der Waals surface area contributed by atoms with E-state index in [-0.39, 0.29) is 106 Å². The second-order valence-corrected chi connectivity index (χ2v) is 22.9. The number of aromatic nitrogens is 3. The minimum atomic E-state index is -1.72. The van der Waals surface area contributed by atoms with Crippen LogP contribution in [-0.4, -0.2) is 181 Å². The van der Waals surface area contributed by atoms with Crippen LogP contribution < -0.4 is 59.3 Å². The number of aliphatic hydroxyl groups excluding tert-OH is 2. The summed E-state index contributed by atoms with van der Waals surface area (Å²) in [5.41, 5.74) is 13.4. The average molecular weight is 1210 g/mol. The first-order valence-corrected chi connectivity index (χ1v) is 29.6. The maximum absolute atomic E-state index is 14.7. The highest BCUT2D eigenvalue weighted by atomic mass is 16.3. The van der Waals surface area contributed by atoms with Crippen LogP contribution in [0.5, 0.6) is 5.75 Å². The quantitative estimate of drug-likeness (QED) is 0.0110. The number of hydrogen-bond acceptors (Lipinski definition) is 15. The molecule has 0 saturated carbocycles. The first-order chi connectivity index (χ1) is 41.5. The third kappa shape index (κ3) is 20.2. The Morgan fingerprint density at radius 3 is 1.98 bits per heavy atom. The van der Waals surface area contributed by atoms with Crippen LogP contribution in [0.1, 0.15) is 103 Å². The molecule has 4 aromatic rings. The number of carbonyl (C=O) groups excluding carboxylic acids is 9. The Labute approximate surface area is 504 Å². The summed E-state index contributed by atoms with van der Waals surface area (Å²) >= 11 is 0. The van der Waals surface area contributed by atoms with Crippen LogP contribution in [0.3, 0.4) is 0 Å². The number of phenols is 1. The molecule has 1 unspecified atom stereocenters. The van der Waals surface area contributed by atoms with E-state index < -0.39 is 109 Å². The summed E-state index contributed by atoms with van der Waals surface area (Å²) < 4.78 is 0. The molecule has 2 aromatic carbocycles. The van der Waals surface area contributed by atoms with E-state index in [1.165, 1.54) is 41.7 Å². The zero-order chi connectivity index (χ0) is 63.3. The van der Waals surface area contributed by atoms with Gasteiger partial charge in [-0.15, -0.1) is 0 Å². The number of likely N-dealkylation sites (tertiary alicyclic amines) is 1. The van der Waals surface area contributed by atoms with Gasteiger partial charge in [-0.2, -0.15) is 0 Å². The zero-order valence-electron chi connectivity index (χ0n) is 49.9. The number of phenolic OH excluding ortho intramolecular Hbond substituents is 1. The standard InChI is InChI=1S/C59H86N16O12/c1-6-63-57(86)48-14-10-22-75(48)58(87)41(13-9-21-64-59(60)61)68-51(80)42(23-32(2)3)69-52(81)43(24-33(4)5)70-53(82)44(25-34-15-17-37(77)18-16-34)71-56(85)47(30-76)74-54(83)45(26-35-28-65-39-12-8-7-11-38(35)39)72-55(84)46(27-36-29-62-31-66-36)73-50(79)40-19-20-49(78)67-40/h7-8,11-12,15-18,28-29,31-33,40-48,55,65,72,76-77,84H,6,9-10,13-14,19-27,30H2,1-5H3,(H,62,66)(H,63,86)(H,67,78)(H,68,80)(H,69,81)(H,70,82)(H,71,85)(H,73,79)(H,74,83)(H4,60,61,64)/t40-,41-,42-,43+,44-,45-,46-,47-,48-,55?/m0/s1. The number of amides is 9. The van der Waals surface area contributed by atoms with Gasteiger partial charge < -0.3 is 84.2 Å². The minimum Gasteiger partial charge on any atom is -0.508 e. The molecular formula is C59H86N16O12. The molecule has 2 aliphatic rings. The molecule has 2 fully saturated rings. The molecule has 6 rings (SSSR count). The molecule has 28 nitrogen and oxygen atoms in total. The van der Waals surface area contributed by atoms with Crippen molar-refractivity contribution in [3.05, 3.63) is 84.1 Å². The smallest absolute Gasteiger partial charge is 0.245 e. The Hall–Kier alpha value is -8.63. The van der Waals surface area contributed by atoms with E-state index in [2.05, 4.69) is 67.8 Å². The number of aliphatic imine (C=N–C) groups is 1. The van der Waals surface area contributed by atoms with Crippen LogP contribution >= 0.6 is 0 Å². The molecule has 28 heteroatoms. The summed E-state index contributed by atoms with van der Waals surface area (Å²) in [5.74, 6) is -6.53. The molecule has 2 aromatic heterocycles. The number of hydrogen-bond donors (Lipinski definition) is 16. The number of imidazole rings is 1. The van der Waals surface area contributed by atoms with Crippen LogP contribution in [0.25, 0.3) is 10.9 Å². The Kier molecular flexibility index (Phi) is 25.4. The molecule has 2 saturated heterocycles. The van der Waals surface area contributed by atoms with Crippen molar-refractivity contribution in [2.45, 2.75) is 166 Å². The van der Waals surface area contributed by atoms with E-state index in [0.717, 1.165) is 10.9 Å². The highest BCUT2D eigenvalue weighted by molar-refractivity contribution is 5.98. The second kappa shape index (κ2) is 32.8. The number of para-hydroxylation sites is 1. The number of aromatic hydroxyl groups is 1. The van der Waals surface area contributed by atoms with E-state index in [4.69, 9.17) is 11.5 Å². The van der Waals surface area contributed by atoms with E-state index >= 15 is 0 Å². The topological polar surface area (TPSA) is 435 Å². The summed E-state index contributed by atoms with van der Waals surface area (Å²) in [6.07, 6.45) is 4.50. The van der Waals surface area contributed by atoms with E-state index in [9.17, 15) is 58.5 Å². The van der Waals surface area contributed by atoms with Crippen LogP contribution in [0.15, 0.2) is 72.2 Å². The van der Waals surface area contributed by atoms with E-state index in [1.54, 1.807) is 19.2 Å². The van der Waals surface area contributed by atoms with E-state index in [1.807, 2.05) is 45.9 Å². The largest absolute Gasteiger partial charge is 0.508 e. The summed E-state index contributed by atoms with van der Waals surface area (Å²) in [6, 6.07) is 2.08. The molecule has 0 aliphatic carbocycles. The van der Waals surface area contributed by atoms with Crippen LogP contribution in [0.4, 0.5) is 0 Å². The number of nitrogens with two attached hydrogens (primary N) is 2. The molecular weight excluding hydrogens is 1120 g/mol. The Morgan fingerprint density at radius 2 is 1.37 bits per heavy atom. The lowest BCUT2D eigenvalue weighted by atomic mass is 9.98. The number of rotatable bonds is 33. The van der Waals surface area contributed by atoms with Crippen molar-refractivity contribution in [2.75, 3.05) is 26.2 Å². The Morgan fingerprint density at radius 1 is 0.747 bits per heavy atom. The van der Waals surface area contributed by atoms with Crippen molar-refractivity contribution in [2.24, 2.45) is 28.3 Å². The highest BCUT2D eigenvalue weighted by Gasteiger charge is 2.40. The van der Waals surface area contributed by atoms with Gasteiger partial charge in [-0.3, -0.25) is 53.5 Å². The number of H-pyrrole nitrogens is 2. The molecule has 10 atom stereocenters. The van der Waals surface area contributed by atoms with Gasteiger partial charge in [-0.05, 0) is 99.5 Å². The third-order valence-electron chi connectivity index (χ3n) is 15.1. The van der Waals surface area contributed by atoms with Gasteiger partial charge in [0.05, 0.1) is 25.0 Å². The molecule has 0 bridgehead atoms. The number of aromatic amines is 2. The molecule has 2 aliphatic heterocycles. The molecule has 4 heterocycles. The van der Waals surface area contributed by atoms with Gasteiger partial charge in [0.25, 0.3) is 0 Å². The SMILES string of the molecule is CCNC(=O)[C@@H]1CCCN1C(=O)[C@H](CCCN=C(N)N)NC(=O)[C@H](CC(C)C)NC(=O)[C@@H](CC(C)C)NC(=O)[C@H](Cc1ccc(O)cc1)NC(=O)[C@H](CO)NC(=O)[C@H](Cc1c[nH]c2ccccc12)NC(O)[C@H](Cc1cnc[nH]1)NC(=O)[C@@H]1CCC(=O)N1. The second-order valence-electron chi connectivity index (χ2n) is 22.9. The van der Waals surface area contributed by atoms with E-state index in [0.29, 0.717) is 36.2 Å². The number of guanidine groups is 1. The number of carbonyl (C=O) groups is 9. The van der Waals surface area contributed by atoms with Crippen molar-refractivity contribution in [1.82, 2.24) is 67.7 Å². The fourth-order valence-corrected chi connectivity index (χ4v) is 10.6. The van der Waals surface area contributed by atoms with Crippen molar-refractivity contribution in [1.29, 1.82) is 0 Å². The maximum atomic E-state index is 14.7. The summed E-state index contributed by atoms with van der Waals surface area (Å²) in [5, 5.41) is 58.2. The number of aliphatic hydroxyl groups is 2. The Balaban J connectivity index is 1.22. The van der Waals surface area contributed by atoms with Crippen molar-refractivity contribution in [3.8, 4) is 5.75 Å². The number of nitrogens with one attached hydrogen (secondary N) is 11. The van der Waals surface area contributed by atoms with Gasteiger partial charge in [0.1, 0.15) is 54.3 Å². The van der Waals surface area contributed by atoms with Crippen molar-refractivity contribution in [3.63, 3.8) is 0 Å². The van der Waals surface area contributed by atoms with Crippen molar-refractivity contribution < 1.29 is 58.5 Å². The normalized spacial score (nSPS) is 17.6. The zero-order valence-corrected chi connectivity index (χ0v) is 49.9. The van der Waals surface area contributed by atoms with Gasteiger partial charge in [0, 0.05) is 67.9 Å². The van der Waals surface area contributed by atoms with Gasteiger partial charge in [0.15, 0.2) is 5.96 Å². The lowest BCUT2D eigenvalue weighted by molar-refractivity contribution is -0.142. The lowest BCUT2D eigenvalue weighted by Gasteiger charge is -2.31. The first kappa shape index (κ1) is 67.5. The van der Waals surface area contributed by atoms with Crippen molar-refractivity contribution >= 4 is 70.0 Å². The average Bonchev–Trinajstić information content (AvgIpc) is 2.39. The van der Waals surface area contributed by atoms with Gasteiger partial charge >= 0.3 is 0 Å². The summed E-state index contributed by atoms with van der Waals surface area (Å²) in [7, 11) is 0. The third-order valence-corrected chi connectivity index (χ3v) is 15.1. The molecule has 0 spiro atoms. The number of benzene rings is 2. The summed E-state index contributed by atoms with van der Waals surface area (Å²) in [6.45, 7) is 8.87. The van der Waals surface area contributed by atoms with Crippen LogP contribution in [0, 0.1) is 11.8 Å². The van der Waals surface area contributed by atoms with Crippen LogP contribution in [-0.2, 0) is 62.4 Å². The monoisotopic (exact) mass is 1210 g/mol. The van der Waals surface area contributed by atoms with Crippen LogP contribution in [0.2, 0.25) is 0 Å². The first-order valence-electron chi connectivity index (χ1n) is 29.6. The highest BCUT2D eigenvalue weighted by Crippen LogP contribution is 2.23. The predicted molar refractivity (Wildman–Crippen MR) is 321 cm³/mol. The number of likely N-dealkylation sites (N-methyl/N-ethyl adjacent to an activating group) is 1. The predicted octanol–water partition coefficient (Wildman–Crippen LogP) is -1.65. The van der Waals surface area contributed by atoms with Gasteiger partial charge in [0.2, 0.25) is 53.2 Å². The molecule has 87 heavy (non-hydrogen) atoms. The number of nitrogens with zero attached hydrogens (tertiary/aromatic N) is 3. The number of fused-ring (bicyclic) bond motifs is 1. The Bertz CT molecular complexity index is 3000. The maximum Gasteiger partial charge on any atom is 0.245 e. The molecule has 9 amide bonds. The molecule has 474 valence electrons. The van der Waals surface area contributed by atoms with Gasteiger partial charge in [-0.25, -0.2) is 4.98 Å². The summed E-state index contributed by atoms with van der Waals surface area (Å²) in [4.78, 5) is 141. The fourth-order valence-electron chi connectivity index (χ4n) is 10.6. The van der Waals surface area contributed by atoms with Gasteiger partial charge in [-0.1, -0.05) is 58.0 Å². The molecule has 18 N–H and O–H groups in total. The lowest BCUT2D eigenvalue weighted by Crippen LogP contribution is -2.62. The minimum absolute atomic E-state index is 0.00423. The fraction of sp³-hybridized carbons (Fsp3) is 0.542.